The Balaban J connectivity index is 2.08. The summed E-state index contributed by atoms with van der Waals surface area (Å²) in [5.74, 6) is 0.729. The molecule has 0 fully saturated rings. The zero-order valence-corrected chi connectivity index (χ0v) is 14.6. The topological polar surface area (TPSA) is 46.4 Å². The molecule has 4 nitrogen and oxygen atoms in total. The quantitative estimate of drug-likeness (QED) is 0.761. The van der Waals surface area contributed by atoms with Gasteiger partial charge in [0, 0.05) is 18.2 Å². The van der Waals surface area contributed by atoms with Crippen LogP contribution in [0.1, 0.15) is 32.8 Å². The summed E-state index contributed by atoms with van der Waals surface area (Å²) in [4.78, 5) is 17.2. The number of benzene rings is 1. The zero-order valence-electron chi connectivity index (χ0n) is 14.6. The molecular formula is C20H23N3O. The van der Waals surface area contributed by atoms with E-state index in [0.717, 1.165) is 28.3 Å². The molecule has 2 heterocycles. The molecule has 0 aliphatic carbocycles. The number of aryl methyl sites for hydroxylation is 1. The van der Waals surface area contributed by atoms with Crippen LogP contribution in [-0.4, -0.2) is 15.3 Å². The van der Waals surface area contributed by atoms with E-state index in [2.05, 4.69) is 26.1 Å². The van der Waals surface area contributed by atoms with Crippen molar-refractivity contribution in [1.82, 2.24) is 9.38 Å². The fraction of sp³-hybridized carbons (Fsp3) is 0.300. The van der Waals surface area contributed by atoms with E-state index < -0.39 is 0 Å². The molecule has 0 atom stereocenters. The molecule has 1 N–H and O–H groups in total. The zero-order chi connectivity index (χ0) is 17.3. The molecule has 1 aromatic carbocycles. The van der Waals surface area contributed by atoms with E-state index in [1.54, 1.807) is 0 Å². The highest BCUT2D eigenvalue weighted by atomic mass is 16.1. The Hall–Kier alpha value is -2.62. The van der Waals surface area contributed by atoms with Gasteiger partial charge in [-0.3, -0.25) is 9.20 Å². The average Bonchev–Trinajstić information content (AvgIpc) is 2.84. The number of hydrogen-bond acceptors (Lipinski definition) is 2. The van der Waals surface area contributed by atoms with Gasteiger partial charge in [-0.25, -0.2) is 4.98 Å². The van der Waals surface area contributed by atoms with Gasteiger partial charge < -0.3 is 5.32 Å². The number of fused-ring (bicyclic) bond motifs is 1. The van der Waals surface area contributed by atoms with Crippen molar-refractivity contribution in [2.75, 3.05) is 5.32 Å². The number of pyridine rings is 1. The molecule has 24 heavy (non-hydrogen) atoms. The fourth-order valence-electron chi connectivity index (χ4n) is 2.72. The van der Waals surface area contributed by atoms with Crippen LogP contribution >= 0.6 is 0 Å². The lowest BCUT2D eigenvalue weighted by atomic mass is 9.92. The molecular weight excluding hydrogens is 298 g/mol. The molecule has 4 heteroatoms. The SMILES string of the molecule is Cc1ccn2c(NC(=O)CC(C)(C)C)c(-c3ccccc3)nc2c1. The highest BCUT2D eigenvalue weighted by molar-refractivity contribution is 5.94. The number of nitrogens with one attached hydrogen (secondary N) is 1. The Morgan fingerprint density at radius 3 is 2.54 bits per heavy atom. The van der Waals surface area contributed by atoms with Crippen molar-refractivity contribution in [3.63, 3.8) is 0 Å². The van der Waals surface area contributed by atoms with Gasteiger partial charge in [0.05, 0.1) is 0 Å². The molecule has 0 aliphatic heterocycles. The Morgan fingerprint density at radius 2 is 1.88 bits per heavy atom. The van der Waals surface area contributed by atoms with Gasteiger partial charge in [0.15, 0.2) is 0 Å². The van der Waals surface area contributed by atoms with E-state index in [4.69, 9.17) is 4.98 Å². The Labute approximate surface area is 142 Å². The van der Waals surface area contributed by atoms with Crippen LogP contribution in [0, 0.1) is 12.3 Å². The summed E-state index contributed by atoms with van der Waals surface area (Å²) in [5, 5.41) is 3.07. The molecule has 0 saturated heterocycles. The summed E-state index contributed by atoms with van der Waals surface area (Å²) < 4.78 is 1.94. The number of rotatable bonds is 3. The van der Waals surface area contributed by atoms with E-state index in [0.29, 0.717) is 6.42 Å². The number of imidazole rings is 1. The number of aromatic nitrogens is 2. The monoisotopic (exact) mass is 321 g/mol. The van der Waals surface area contributed by atoms with Gasteiger partial charge >= 0.3 is 0 Å². The highest BCUT2D eigenvalue weighted by Gasteiger charge is 2.20. The lowest BCUT2D eigenvalue weighted by Gasteiger charge is -2.17. The normalized spacial score (nSPS) is 11.7. The molecule has 0 spiro atoms. The molecule has 0 aliphatic rings. The van der Waals surface area contributed by atoms with E-state index in [1.165, 1.54) is 0 Å². The van der Waals surface area contributed by atoms with E-state index in [1.807, 2.05) is 60.0 Å². The number of carbonyl (C=O) groups is 1. The molecule has 2 aromatic heterocycles. The number of nitrogens with zero attached hydrogens (tertiary/aromatic N) is 2. The van der Waals surface area contributed by atoms with Gasteiger partial charge in [-0.15, -0.1) is 0 Å². The predicted octanol–water partition coefficient (Wildman–Crippen LogP) is 4.68. The minimum atomic E-state index is -0.0614. The fourth-order valence-corrected chi connectivity index (χ4v) is 2.72. The van der Waals surface area contributed by atoms with Crippen LogP contribution in [0.4, 0.5) is 5.82 Å². The van der Waals surface area contributed by atoms with Crippen LogP contribution in [0.3, 0.4) is 0 Å². The smallest absolute Gasteiger partial charge is 0.226 e. The first-order valence-corrected chi connectivity index (χ1v) is 8.17. The Morgan fingerprint density at radius 1 is 1.17 bits per heavy atom. The van der Waals surface area contributed by atoms with Gasteiger partial charge in [-0.2, -0.15) is 0 Å². The molecule has 0 bridgehead atoms. The van der Waals surface area contributed by atoms with Crippen molar-refractivity contribution in [2.24, 2.45) is 5.41 Å². The van der Waals surface area contributed by atoms with Crippen molar-refractivity contribution in [3.05, 3.63) is 54.2 Å². The summed E-state index contributed by atoms with van der Waals surface area (Å²) >= 11 is 0. The van der Waals surface area contributed by atoms with Crippen molar-refractivity contribution in [2.45, 2.75) is 34.1 Å². The van der Waals surface area contributed by atoms with Crippen molar-refractivity contribution >= 4 is 17.4 Å². The third kappa shape index (κ3) is 3.48. The summed E-state index contributed by atoms with van der Waals surface area (Å²) in [7, 11) is 0. The summed E-state index contributed by atoms with van der Waals surface area (Å²) in [6.45, 7) is 8.21. The lowest BCUT2D eigenvalue weighted by Crippen LogP contribution is -2.20. The Kier molecular flexibility index (Phi) is 4.14. The molecule has 1 amide bonds. The first kappa shape index (κ1) is 16.2. The molecule has 0 saturated carbocycles. The molecule has 0 radical (unpaired) electrons. The third-order valence-electron chi connectivity index (χ3n) is 3.78. The number of anilines is 1. The van der Waals surface area contributed by atoms with Crippen LogP contribution < -0.4 is 5.32 Å². The molecule has 124 valence electrons. The maximum absolute atomic E-state index is 12.5. The second-order valence-corrected chi connectivity index (χ2v) is 7.39. The summed E-state index contributed by atoms with van der Waals surface area (Å²) in [5.41, 5.74) is 3.70. The molecule has 0 unspecified atom stereocenters. The van der Waals surface area contributed by atoms with E-state index in [9.17, 15) is 4.79 Å². The van der Waals surface area contributed by atoms with Crippen molar-refractivity contribution < 1.29 is 4.79 Å². The highest BCUT2D eigenvalue weighted by Crippen LogP contribution is 2.30. The average molecular weight is 321 g/mol. The molecule has 3 rings (SSSR count). The third-order valence-corrected chi connectivity index (χ3v) is 3.78. The number of amides is 1. The summed E-state index contributed by atoms with van der Waals surface area (Å²) in [6, 6.07) is 14.0. The Bertz CT molecular complexity index is 873. The largest absolute Gasteiger partial charge is 0.310 e. The van der Waals surface area contributed by atoms with Crippen LogP contribution in [-0.2, 0) is 4.79 Å². The van der Waals surface area contributed by atoms with Crippen LogP contribution in [0.2, 0.25) is 0 Å². The number of carbonyl (C=O) groups excluding carboxylic acids is 1. The number of hydrogen-bond donors (Lipinski definition) is 1. The standard InChI is InChI=1S/C20H23N3O/c1-14-10-11-23-16(12-14)21-18(15-8-6-5-7-9-15)19(23)22-17(24)13-20(2,3)4/h5-12H,13H2,1-4H3,(H,22,24). The predicted molar refractivity (Wildman–Crippen MR) is 98.1 cm³/mol. The maximum atomic E-state index is 12.5. The van der Waals surface area contributed by atoms with Crippen LogP contribution in [0.5, 0.6) is 0 Å². The van der Waals surface area contributed by atoms with Crippen molar-refractivity contribution in [1.29, 1.82) is 0 Å². The van der Waals surface area contributed by atoms with Gasteiger partial charge in [0.2, 0.25) is 5.91 Å². The maximum Gasteiger partial charge on any atom is 0.226 e. The second-order valence-electron chi connectivity index (χ2n) is 7.39. The first-order chi connectivity index (χ1) is 11.3. The second kappa shape index (κ2) is 6.11. The van der Waals surface area contributed by atoms with Gasteiger partial charge in [-0.05, 0) is 30.0 Å². The minimum Gasteiger partial charge on any atom is -0.310 e. The minimum absolute atomic E-state index is 0.00190. The lowest BCUT2D eigenvalue weighted by molar-refractivity contribution is -0.117. The van der Waals surface area contributed by atoms with Gasteiger partial charge in [-0.1, -0.05) is 51.1 Å². The van der Waals surface area contributed by atoms with Gasteiger partial charge in [0.25, 0.3) is 0 Å². The van der Waals surface area contributed by atoms with Crippen LogP contribution in [0.25, 0.3) is 16.9 Å². The first-order valence-electron chi connectivity index (χ1n) is 8.17. The van der Waals surface area contributed by atoms with Gasteiger partial charge in [0.1, 0.15) is 17.2 Å². The summed E-state index contributed by atoms with van der Waals surface area (Å²) in [6.07, 6.45) is 2.41. The van der Waals surface area contributed by atoms with E-state index >= 15 is 0 Å². The molecule has 3 aromatic rings. The van der Waals surface area contributed by atoms with E-state index in [-0.39, 0.29) is 11.3 Å². The van der Waals surface area contributed by atoms with Crippen LogP contribution in [0.15, 0.2) is 48.7 Å². The van der Waals surface area contributed by atoms with Crippen molar-refractivity contribution in [3.8, 4) is 11.3 Å².